The molecule has 1 amide bonds. The number of amides is 1. The van der Waals surface area contributed by atoms with Crippen molar-refractivity contribution in [2.45, 2.75) is 13.0 Å². The van der Waals surface area contributed by atoms with Crippen LogP contribution in [0.3, 0.4) is 0 Å². The number of carbonyl (C=O) groups is 1. The Morgan fingerprint density at radius 2 is 2.19 bits per heavy atom. The van der Waals surface area contributed by atoms with E-state index in [2.05, 4.69) is 18.0 Å². The topological polar surface area (TPSA) is 46.3 Å². The first-order valence-corrected chi connectivity index (χ1v) is 7.64. The van der Waals surface area contributed by atoms with Gasteiger partial charge >= 0.3 is 0 Å². The van der Waals surface area contributed by atoms with E-state index in [1.165, 1.54) is 27.3 Å². The van der Waals surface area contributed by atoms with E-state index in [0.717, 1.165) is 29.4 Å². The van der Waals surface area contributed by atoms with Crippen molar-refractivity contribution in [2.24, 2.45) is 5.73 Å². The molecule has 0 bridgehead atoms. The summed E-state index contributed by atoms with van der Waals surface area (Å²) in [4.78, 5) is 14.3. The van der Waals surface area contributed by atoms with Crippen molar-refractivity contribution in [2.75, 3.05) is 13.6 Å². The fraction of sp³-hybridized carbons (Fsp3) is 0.267. The number of primary amides is 1. The molecule has 0 saturated heterocycles. The van der Waals surface area contributed by atoms with Crippen molar-refractivity contribution in [1.82, 2.24) is 4.90 Å². The van der Waals surface area contributed by atoms with Gasteiger partial charge < -0.3 is 10.6 Å². The Hall–Kier alpha value is -1.07. The molecule has 1 aliphatic rings. The SMILES string of the molecule is CN1CCc2c(Cl)ccc3sc(/C=C/C(N)=O)c(c23)C1.Cl. The molecule has 0 radical (unpaired) electrons. The summed E-state index contributed by atoms with van der Waals surface area (Å²) < 4.78 is 1.22. The highest BCUT2D eigenvalue weighted by Crippen LogP contribution is 2.39. The third kappa shape index (κ3) is 3.09. The second kappa shape index (κ2) is 6.36. The first-order valence-electron chi connectivity index (χ1n) is 6.45. The first-order chi connectivity index (χ1) is 9.56. The smallest absolute Gasteiger partial charge is 0.241 e. The molecule has 0 saturated carbocycles. The maximum Gasteiger partial charge on any atom is 0.241 e. The molecule has 6 heteroatoms. The molecular weight excluding hydrogens is 327 g/mol. The monoisotopic (exact) mass is 342 g/mol. The Balaban J connectivity index is 0.00000161. The largest absolute Gasteiger partial charge is 0.366 e. The summed E-state index contributed by atoms with van der Waals surface area (Å²) in [5.41, 5.74) is 7.67. The van der Waals surface area contributed by atoms with Crippen LogP contribution in [0.15, 0.2) is 18.2 Å². The zero-order valence-electron chi connectivity index (χ0n) is 11.6. The third-order valence-electron chi connectivity index (χ3n) is 3.61. The van der Waals surface area contributed by atoms with Crippen molar-refractivity contribution in [1.29, 1.82) is 0 Å². The maximum atomic E-state index is 11.0. The van der Waals surface area contributed by atoms with E-state index < -0.39 is 5.91 Å². The molecule has 0 fully saturated rings. The van der Waals surface area contributed by atoms with Gasteiger partial charge in [0.25, 0.3) is 0 Å². The molecule has 1 aromatic heterocycles. The Morgan fingerprint density at radius 1 is 1.43 bits per heavy atom. The fourth-order valence-electron chi connectivity index (χ4n) is 2.67. The van der Waals surface area contributed by atoms with E-state index in [9.17, 15) is 4.79 Å². The highest BCUT2D eigenvalue weighted by Gasteiger charge is 2.20. The Labute approximate surface area is 138 Å². The number of benzene rings is 1. The van der Waals surface area contributed by atoms with Gasteiger partial charge in [0.15, 0.2) is 0 Å². The lowest BCUT2D eigenvalue weighted by Gasteiger charge is -2.13. The van der Waals surface area contributed by atoms with Crippen LogP contribution in [-0.4, -0.2) is 24.4 Å². The second-order valence-corrected chi connectivity index (χ2v) is 6.56. The number of carbonyl (C=O) groups excluding carboxylic acids is 1. The lowest BCUT2D eigenvalue weighted by atomic mass is 10.0. The van der Waals surface area contributed by atoms with Gasteiger partial charge in [0.2, 0.25) is 5.91 Å². The van der Waals surface area contributed by atoms with Crippen molar-refractivity contribution in [3.63, 3.8) is 0 Å². The van der Waals surface area contributed by atoms with Crippen molar-refractivity contribution in [3.8, 4) is 0 Å². The molecule has 2 heterocycles. The average molecular weight is 343 g/mol. The van der Waals surface area contributed by atoms with Crippen molar-refractivity contribution < 1.29 is 4.79 Å². The third-order valence-corrected chi connectivity index (χ3v) is 5.12. The Kier molecular flexibility index (Phi) is 4.94. The molecule has 2 aromatic rings. The van der Waals surface area contributed by atoms with Crippen LogP contribution in [0, 0.1) is 0 Å². The minimum absolute atomic E-state index is 0. The van der Waals surface area contributed by atoms with Crippen LogP contribution < -0.4 is 5.73 Å². The van der Waals surface area contributed by atoms with Crippen LogP contribution in [0.1, 0.15) is 16.0 Å². The Bertz CT molecular complexity index is 724. The zero-order valence-corrected chi connectivity index (χ0v) is 13.9. The molecule has 0 spiro atoms. The van der Waals surface area contributed by atoms with Gasteiger partial charge in [-0.2, -0.15) is 0 Å². The van der Waals surface area contributed by atoms with Crippen molar-refractivity contribution in [3.05, 3.63) is 39.2 Å². The highest BCUT2D eigenvalue weighted by molar-refractivity contribution is 7.20. The number of nitrogens with zero attached hydrogens (tertiary/aromatic N) is 1. The summed E-state index contributed by atoms with van der Waals surface area (Å²) in [5, 5.41) is 2.09. The van der Waals surface area contributed by atoms with Gasteiger partial charge in [-0.25, -0.2) is 0 Å². The normalized spacial score (nSPS) is 15.1. The van der Waals surface area contributed by atoms with E-state index in [1.54, 1.807) is 11.3 Å². The predicted octanol–water partition coefficient (Wildman–Crippen LogP) is 3.46. The molecule has 1 aliphatic heterocycles. The van der Waals surface area contributed by atoms with Crippen LogP contribution >= 0.6 is 35.3 Å². The Morgan fingerprint density at radius 3 is 2.90 bits per heavy atom. The van der Waals surface area contributed by atoms with Gasteiger partial charge in [-0.05, 0) is 42.8 Å². The molecular formula is C15H16Cl2N2OS. The lowest BCUT2D eigenvalue weighted by molar-refractivity contribution is -0.113. The molecule has 3 rings (SSSR count). The summed E-state index contributed by atoms with van der Waals surface area (Å²) in [6.45, 7) is 1.85. The van der Waals surface area contributed by atoms with E-state index in [0.29, 0.717) is 0 Å². The average Bonchev–Trinajstić information content (AvgIpc) is 2.62. The van der Waals surface area contributed by atoms with Crippen LogP contribution in [0.5, 0.6) is 0 Å². The van der Waals surface area contributed by atoms with Gasteiger partial charge in [0.05, 0.1) is 0 Å². The van der Waals surface area contributed by atoms with Gasteiger partial charge in [-0.3, -0.25) is 4.79 Å². The standard InChI is InChI=1S/C15H15ClN2OS.ClH/c1-18-7-6-9-11(16)2-3-13-15(9)10(8-18)12(20-13)4-5-14(17)19;/h2-5H,6-8H2,1H3,(H2,17,19);1H/b5-4+;. The van der Waals surface area contributed by atoms with Gasteiger partial charge in [-0.1, -0.05) is 11.6 Å². The minimum atomic E-state index is -0.421. The quantitative estimate of drug-likeness (QED) is 0.849. The van der Waals surface area contributed by atoms with E-state index in [4.69, 9.17) is 17.3 Å². The van der Waals surface area contributed by atoms with Crippen LogP contribution in [0.25, 0.3) is 16.2 Å². The number of likely N-dealkylation sites (N-methyl/N-ethyl adjacent to an activating group) is 1. The van der Waals surface area contributed by atoms with E-state index in [-0.39, 0.29) is 12.4 Å². The molecule has 3 nitrogen and oxygen atoms in total. The summed E-state index contributed by atoms with van der Waals surface area (Å²) >= 11 is 8.04. The van der Waals surface area contributed by atoms with Crippen LogP contribution in [-0.2, 0) is 17.8 Å². The highest BCUT2D eigenvalue weighted by atomic mass is 35.5. The molecule has 0 atom stereocenters. The maximum absolute atomic E-state index is 11.0. The van der Waals surface area contributed by atoms with Gasteiger partial charge in [0, 0.05) is 39.2 Å². The molecule has 112 valence electrons. The second-order valence-electron chi connectivity index (χ2n) is 5.07. The van der Waals surface area contributed by atoms with Crippen molar-refractivity contribution >= 4 is 57.4 Å². The lowest BCUT2D eigenvalue weighted by Crippen LogP contribution is -2.18. The van der Waals surface area contributed by atoms with Gasteiger partial charge in [-0.15, -0.1) is 23.7 Å². The van der Waals surface area contributed by atoms with Crippen LogP contribution in [0.4, 0.5) is 0 Å². The number of nitrogens with two attached hydrogens (primary N) is 1. The number of hydrogen-bond acceptors (Lipinski definition) is 3. The molecule has 2 N–H and O–H groups in total. The minimum Gasteiger partial charge on any atom is -0.366 e. The molecule has 1 aromatic carbocycles. The van der Waals surface area contributed by atoms with Gasteiger partial charge in [0.1, 0.15) is 0 Å². The number of rotatable bonds is 2. The van der Waals surface area contributed by atoms with E-state index in [1.807, 2.05) is 12.1 Å². The molecule has 21 heavy (non-hydrogen) atoms. The van der Waals surface area contributed by atoms with Crippen LogP contribution in [0.2, 0.25) is 5.02 Å². The number of thiophene rings is 1. The summed E-state index contributed by atoms with van der Waals surface area (Å²) in [6.07, 6.45) is 4.20. The number of halogens is 2. The fourth-order valence-corrected chi connectivity index (χ4v) is 4.06. The summed E-state index contributed by atoms with van der Waals surface area (Å²) in [7, 11) is 2.10. The summed E-state index contributed by atoms with van der Waals surface area (Å²) in [5.74, 6) is -0.421. The summed E-state index contributed by atoms with van der Waals surface area (Å²) in [6, 6.07) is 4.02. The molecule has 0 unspecified atom stereocenters. The van der Waals surface area contributed by atoms with E-state index >= 15 is 0 Å². The zero-order chi connectivity index (χ0) is 14.3. The number of hydrogen-bond donors (Lipinski definition) is 1. The molecule has 0 aliphatic carbocycles. The first kappa shape index (κ1) is 16.3. The predicted molar refractivity (Wildman–Crippen MR) is 92.3 cm³/mol.